The predicted octanol–water partition coefficient (Wildman–Crippen LogP) is 1.57. The van der Waals surface area contributed by atoms with Gasteiger partial charge >= 0.3 is 5.97 Å². The number of aromatic nitrogens is 2. The second-order valence-corrected chi connectivity index (χ2v) is 3.21. The van der Waals surface area contributed by atoms with Crippen LogP contribution in [0.5, 0.6) is 5.75 Å². The van der Waals surface area contributed by atoms with Crippen LogP contribution in [-0.4, -0.2) is 28.4 Å². The fraction of sp³-hybridized carbons (Fsp3) is 0.0909. The van der Waals surface area contributed by atoms with Gasteiger partial charge in [-0.1, -0.05) is 0 Å². The van der Waals surface area contributed by atoms with Gasteiger partial charge in [-0.15, -0.1) is 0 Å². The van der Waals surface area contributed by atoms with Gasteiger partial charge in [0.2, 0.25) is 0 Å². The van der Waals surface area contributed by atoms with Crippen molar-refractivity contribution in [2.24, 2.45) is 0 Å². The van der Waals surface area contributed by atoms with Crippen molar-refractivity contribution in [2.45, 2.75) is 0 Å². The van der Waals surface area contributed by atoms with Crippen LogP contribution < -0.4 is 0 Å². The zero-order chi connectivity index (χ0) is 11.5. The second kappa shape index (κ2) is 4.06. The molecule has 0 bridgehead atoms. The number of aromatic amines is 1. The molecule has 2 rings (SSSR count). The maximum atomic E-state index is 11.2. The first kappa shape index (κ1) is 10.2. The van der Waals surface area contributed by atoms with Crippen LogP contribution >= 0.6 is 0 Å². The van der Waals surface area contributed by atoms with Crippen LogP contribution in [0.1, 0.15) is 10.4 Å². The predicted molar refractivity (Wildman–Crippen MR) is 57.0 cm³/mol. The average Bonchev–Trinajstić information content (AvgIpc) is 2.81. The Morgan fingerprint density at radius 2 is 2.31 bits per heavy atom. The molecule has 0 radical (unpaired) electrons. The molecular formula is C11H10N2O3. The molecule has 5 heteroatoms. The largest absolute Gasteiger partial charge is 0.507 e. The summed E-state index contributed by atoms with van der Waals surface area (Å²) in [6, 6.07) is 4.61. The first-order valence-electron chi connectivity index (χ1n) is 4.63. The highest BCUT2D eigenvalue weighted by molar-refractivity contribution is 5.91. The van der Waals surface area contributed by atoms with E-state index in [0.717, 1.165) is 5.56 Å². The van der Waals surface area contributed by atoms with Gasteiger partial charge in [-0.25, -0.2) is 4.79 Å². The molecule has 1 aromatic heterocycles. The van der Waals surface area contributed by atoms with Gasteiger partial charge in [0.25, 0.3) is 0 Å². The van der Waals surface area contributed by atoms with Gasteiger partial charge in [0.05, 0.1) is 18.9 Å². The van der Waals surface area contributed by atoms with E-state index in [4.69, 9.17) is 0 Å². The first-order chi connectivity index (χ1) is 7.72. The highest BCUT2D eigenvalue weighted by Gasteiger charge is 2.10. The van der Waals surface area contributed by atoms with Crippen LogP contribution in [0.15, 0.2) is 30.6 Å². The van der Waals surface area contributed by atoms with Gasteiger partial charge in [-0.3, -0.25) is 5.10 Å². The number of carbonyl (C=O) groups is 1. The molecule has 0 amide bonds. The lowest BCUT2D eigenvalue weighted by atomic mass is 10.1. The fourth-order valence-electron chi connectivity index (χ4n) is 1.42. The van der Waals surface area contributed by atoms with Crippen molar-refractivity contribution in [3.05, 3.63) is 36.2 Å². The van der Waals surface area contributed by atoms with Crippen LogP contribution in [0.3, 0.4) is 0 Å². The van der Waals surface area contributed by atoms with Crippen molar-refractivity contribution in [2.75, 3.05) is 7.11 Å². The number of nitrogens with one attached hydrogen (secondary N) is 1. The normalized spacial score (nSPS) is 10.1. The topological polar surface area (TPSA) is 75.2 Å². The number of ether oxygens (including phenoxy) is 1. The standard InChI is InChI=1S/C11H10N2O3/c1-16-11(15)7-2-3-9(10(14)4-7)8-5-12-13-6-8/h2-6,14H,1H3,(H,12,13). The Bertz CT molecular complexity index is 506. The quantitative estimate of drug-likeness (QED) is 0.750. The van der Waals surface area contributed by atoms with Gasteiger partial charge in [0.1, 0.15) is 5.75 Å². The minimum Gasteiger partial charge on any atom is -0.507 e. The second-order valence-electron chi connectivity index (χ2n) is 3.21. The average molecular weight is 218 g/mol. The molecule has 0 unspecified atom stereocenters. The molecule has 5 nitrogen and oxygen atoms in total. The number of aromatic hydroxyl groups is 1. The van der Waals surface area contributed by atoms with Crippen molar-refractivity contribution in [1.29, 1.82) is 0 Å². The molecule has 0 aliphatic rings. The number of benzene rings is 1. The Kier molecular flexibility index (Phi) is 2.59. The zero-order valence-electron chi connectivity index (χ0n) is 8.60. The Hall–Kier alpha value is -2.30. The molecule has 1 heterocycles. The van der Waals surface area contributed by atoms with Crippen molar-refractivity contribution in [1.82, 2.24) is 10.2 Å². The summed E-state index contributed by atoms with van der Waals surface area (Å²) in [6.45, 7) is 0. The maximum Gasteiger partial charge on any atom is 0.337 e. The Labute approximate surface area is 91.7 Å². The summed E-state index contributed by atoms with van der Waals surface area (Å²) in [5.74, 6) is -0.460. The number of esters is 1. The van der Waals surface area contributed by atoms with E-state index in [2.05, 4.69) is 14.9 Å². The van der Waals surface area contributed by atoms with E-state index in [1.54, 1.807) is 24.5 Å². The molecule has 0 aliphatic carbocycles. The van der Waals surface area contributed by atoms with E-state index in [1.807, 2.05) is 0 Å². The van der Waals surface area contributed by atoms with Crippen LogP contribution in [0.2, 0.25) is 0 Å². The molecule has 0 saturated heterocycles. The van der Waals surface area contributed by atoms with E-state index in [-0.39, 0.29) is 5.75 Å². The van der Waals surface area contributed by atoms with Crippen LogP contribution in [0, 0.1) is 0 Å². The number of phenolic OH excluding ortho intramolecular Hbond substituents is 1. The summed E-state index contributed by atoms with van der Waals surface area (Å²) in [5.41, 5.74) is 1.68. The number of nitrogens with zero attached hydrogens (tertiary/aromatic N) is 1. The highest BCUT2D eigenvalue weighted by Crippen LogP contribution is 2.29. The molecule has 82 valence electrons. The first-order valence-corrected chi connectivity index (χ1v) is 4.63. The Balaban J connectivity index is 2.41. The molecule has 2 aromatic rings. The lowest BCUT2D eigenvalue weighted by Crippen LogP contribution is -2.00. The summed E-state index contributed by atoms with van der Waals surface area (Å²) >= 11 is 0. The molecule has 2 N–H and O–H groups in total. The number of hydrogen-bond acceptors (Lipinski definition) is 4. The minimum absolute atomic E-state index is 0.0179. The highest BCUT2D eigenvalue weighted by atomic mass is 16.5. The third-order valence-corrected chi connectivity index (χ3v) is 2.23. The summed E-state index contributed by atoms with van der Waals surface area (Å²) in [6.07, 6.45) is 3.25. The monoisotopic (exact) mass is 218 g/mol. The third-order valence-electron chi connectivity index (χ3n) is 2.23. The Morgan fingerprint density at radius 1 is 1.50 bits per heavy atom. The van der Waals surface area contributed by atoms with Crippen molar-refractivity contribution in [3.8, 4) is 16.9 Å². The van der Waals surface area contributed by atoms with Crippen molar-refractivity contribution in [3.63, 3.8) is 0 Å². The Morgan fingerprint density at radius 3 is 2.88 bits per heavy atom. The molecule has 1 aromatic carbocycles. The van der Waals surface area contributed by atoms with Crippen molar-refractivity contribution < 1.29 is 14.6 Å². The summed E-state index contributed by atoms with van der Waals surface area (Å²) in [4.78, 5) is 11.2. The number of H-pyrrole nitrogens is 1. The SMILES string of the molecule is COC(=O)c1ccc(-c2cn[nH]c2)c(O)c1. The smallest absolute Gasteiger partial charge is 0.337 e. The van der Waals surface area contributed by atoms with Gasteiger partial charge in [0, 0.05) is 17.3 Å². The summed E-state index contributed by atoms with van der Waals surface area (Å²) < 4.78 is 4.55. The van der Waals surface area contributed by atoms with E-state index in [1.165, 1.54) is 13.2 Å². The van der Waals surface area contributed by atoms with E-state index in [0.29, 0.717) is 11.1 Å². The van der Waals surface area contributed by atoms with Crippen LogP contribution in [0.4, 0.5) is 0 Å². The molecule has 16 heavy (non-hydrogen) atoms. The van der Waals surface area contributed by atoms with E-state index >= 15 is 0 Å². The van der Waals surface area contributed by atoms with Gasteiger partial charge < -0.3 is 9.84 Å². The molecule has 0 fully saturated rings. The lowest BCUT2D eigenvalue weighted by Gasteiger charge is -2.04. The molecule has 0 atom stereocenters. The molecule has 0 spiro atoms. The van der Waals surface area contributed by atoms with Gasteiger partial charge in [-0.2, -0.15) is 5.10 Å². The summed E-state index contributed by atoms with van der Waals surface area (Å²) in [7, 11) is 1.30. The van der Waals surface area contributed by atoms with Gasteiger partial charge in [-0.05, 0) is 18.2 Å². The summed E-state index contributed by atoms with van der Waals surface area (Å²) in [5, 5.41) is 16.2. The third kappa shape index (κ3) is 1.75. The van der Waals surface area contributed by atoms with Crippen LogP contribution in [-0.2, 0) is 4.74 Å². The van der Waals surface area contributed by atoms with Crippen LogP contribution in [0.25, 0.3) is 11.1 Å². The number of carbonyl (C=O) groups excluding carboxylic acids is 1. The van der Waals surface area contributed by atoms with Crippen molar-refractivity contribution >= 4 is 5.97 Å². The van der Waals surface area contributed by atoms with Gasteiger partial charge in [0.15, 0.2) is 0 Å². The maximum absolute atomic E-state index is 11.2. The van der Waals surface area contributed by atoms with E-state index in [9.17, 15) is 9.90 Å². The molecule has 0 saturated carbocycles. The fourth-order valence-corrected chi connectivity index (χ4v) is 1.42. The van der Waals surface area contributed by atoms with E-state index < -0.39 is 5.97 Å². The molecular weight excluding hydrogens is 208 g/mol. The number of methoxy groups -OCH3 is 1. The number of rotatable bonds is 2. The lowest BCUT2D eigenvalue weighted by molar-refractivity contribution is 0.0600. The minimum atomic E-state index is -0.478. The number of hydrogen-bond donors (Lipinski definition) is 2. The number of phenols is 1. The molecule has 0 aliphatic heterocycles. The zero-order valence-corrected chi connectivity index (χ0v) is 8.60.